The second kappa shape index (κ2) is 5.13. The Hall–Kier alpha value is -3.24. The van der Waals surface area contributed by atoms with Gasteiger partial charge in [0.2, 0.25) is 5.95 Å². The van der Waals surface area contributed by atoms with E-state index in [4.69, 9.17) is 0 Å². The first-order valence-electron chi connectivity index (χ1n) is 8.52. The van der Waals surface area contributed by atoms with Crippen molar-refractivity contribution < 1.29 is 0 Å². The molecular formula is C22H13N3S. The van der Waals surface area contributed by atoms with Crippen LogP contribution in [-0.2, 0) is 0 Å². The first-order chi connectivity index (χ1) is 12.9. The third-order valence-corrected chi connectivity index (χ3v) is 6.06. The third-order valence-electron chi connectivity index (χ3n) is 4.92. The zero-order valence-electron chi connectivity index (χ0n) is 13.8. The van der Waals surface area contributed by atoms with Crippen molar-refractivity contribution in [3.05, 3.63) is 79.1 Å². The summed E-state index contributed by atoms with van der Waals surface area (Å²) in [6.45, 7) is 0. The van der Waals surface area contributed by atoms with Crippen LogP contribution in [0.3, 0.4) is 0 Å². The summed E-state index contributed by atoms with van der Waals surface area (Å²) in [5, 5.41) is 5.11. The van der Waals surface area contributed by atoms with Crippen molar-refractivity contribution in [1.82, 2.24) is 14.5 Å². The fourth-order valence-electron chi connectivity index (χ4n) is 3.81. The van der Waals surface area contributed by atoms with Gasteiger partial charge in [0.15, 0.2) is 0 Å². The first kappa shape index (κ1) is 14.0. The molecule has 122 valence electrons. The summed E-state index contributed by atoms with van der Waals surface area (Å²) in [5.74, 6) is 0.708. The monoisotopic (exact) mass is 351 g/mol. The van der Waals surface area contributed by atoms with Crippen LogP contribution in [0.1, 0.15) is 0 Å². The molecule has 0 aliphatic heterocycles. The van der Waals surface area contributed by atoms with Crippen LogP contribution >= 0.6 is 11.3 Å². The van der Waals surface area contributed by atoms with E-state index in [-0.39, 0.29) is 0 Å². The molecule has 0 bridgehead atoms. The molecule has 3 nitrogen and oxygen atoms in total. The van der Waals surface area contributed by atoms with E-state index < -0.39 is 0 Å². The highest BCUT2D eigenvalue weighted by Crippen LogP contribution is 2.39. The Morgan fingerprint density at radius 3 is 2.27 bits per heavy atom. The summed E-state index contributed by atoms with van der Waals surface area (Å²) in [7, 11) is 0. The Kier molecular flexibility index (Phi) is 2.76. The number of nitrogens with zero attached hydrogens (tertiary/aromatic N) is 3. The number of para-hydroxylation sites is 1. The average molecular weight is 351 g/mol. The number of thiophene rings is 1. The Morgan fingerprint density at radius 2 is 1.38 bits per heavy atom. The van der Waals surface area contributed by atoms with Gasteiger partial charge in [-0.25, -0.2) is 9.97 Å². The Morgan fingerprint density at radius 1 is 0.615 bits per heavy atom. The highest BCUT2D eigenvalue weighted by atomic mass is 32.1. The number of fused-ring (bicyclic) bond motifs is 6. The Bertz CT molecular complexity index is 1430. The lowest BCUT2D eigenvalue weighted by Gasteiger charge is -2.04. The molecule has 3 aromatic carbocycles. The average Bonchev–Trinajstić information content (AvgIpc) is 3.22. The van der Waals surface area contributed by atoms with Crippen LogP contribution in [0.4, 0.5) is 0 Å². The lowest BCUT2D eigenvalue weighted by Crippen LogP contribution is -1.99. The second-order valence-electron chi connectivity index (χ2n) is 6.37. The van der Waals surface area contributed by atoms with Crippen LogP contribution in [-0.4, -0.2) is 14.5 Å². The topological polar surface area (TPSA) is 30.7 Å². The summed E-state index contributed by atoms with van der Waals surface area (Å²) in [6, 6.07) is 23.5. The van der Waals surface area contributed by atoms with Gasteiger partial charge in [-0.3, -0.25) is 4.57 Å². The van der Waals surface area contributed by atoms with Crippen molar-refractivity contribution in [3.8, 4) is 5.95 Å². The summed E-state index contributed by atoms with van der Waals surface area (Å²) in [6.07, 6.45) is 3.59. The molecule has 26 heavy (non-hydrogen) atoms. The summed E-state index contributed by atoms with van der Waals surface area (Å²) in [5.41, 5.74) is 2.28. The van der Waals surface area contributed by atoms with Gasteiger partial charge < -0.3 is 0 Å². The van der Waals surface area contributed by atoms with E-state index in [1.165, 1.54) is 30.9 Å². The van der Waals surface area contributed by atoms with Gasteiger partial charge in [0, 0.05) is 43.3 Å². The first-order valence-corrected chi connectivity index (χ1v) is 9.34. The van der Waals surface area contributed by atoms with Gasteiger partial charge in [-0.15, -0.1) is 11.3 Å². The highest BCUT2D eigenvalue weighted by Gasteiger charge is 2.16. The minimum absolute atomic E-state index is 0.708. The fraction of sp³-hybridized carbons (Fsp3) is 0. The van der Waals surface area contributed by atoms with Crippen LogP contribution in [0.15, 0.2) is 79.1 Å². The molecule has 0 fully saturated rings. The molecule has 6 rings (SSSR count). The quantitative estimate of drug-likeness (QED) is 0.367. The van der Waals surface area contributed by atoms with E-state index in [1.54, 1.807) is 12.4 Å². The van der Waals surface area contributed by atoms with E-state index in [2.05, 4.69) is 75.2 Å². The molecule has 0 aliphatic carbocycles. The van der Waals surface area contributed by atoms with Crippen molar-refractivity contribution in [2.45, 2.75) is 0 Å². The van der Waals surface area contributed by atoms with Crippen LogP contribution in [0, 0.1) is 0 Å². The molecule has 0 spiro atoms. The number of aromatic nitrogens is 3. The van der Waals surface area contributed by atoms with Gasteiger partial charge in [-0.2, -0.15) is 0 Å². The Labute approximate surface area is 153 Å². The van der Waals surface area contributed by atoms with Crippen molar-refractivity contribution in [3.63, 3.8) is 0 Å². The SMILES string of the molecule is c1cnc(-n2c3ccccc3c3cc4c(cc32)sc2ccccc24)nc1. The molecule has 0 saturated carbocycles. The van der Waals surface area contributed by atoms with Gasteiger partial charge in [0.25, 0.3) is 0 Å². The molecule has 0 saturated heterocycles. The molecule has 0 N–H and O–H groups in total. The summed E-state index contributed by atoms with van der Waals surface area (Å²) < 4.78 is 4.77. The molecule has 0 amide bonds. The normalized spacial score (nSPS) is 11.8. The van der Waals surface area contributed by atoms with E-state index in [0.717, 1.165) is 11.0 Å². The molecular weight excluding hydrogens is 338 g/mol. The number of hydrogen-bond donors (Lipinski definition) is 0. The third kappa shape index (κ3) is 1.82. The van der Waals surface area contributed by atoms with Crippen LogP contribution in [0.25, 0.3) is 47.9 Å². The molecule has 0 aliphatic rings. The maximum absolute atomic E-state index is 4.50. The predicted octanol–water partition coefficient (Wildman–Crippen LogP) is 5.94. The maximum atomic E-state index is 4.50. The minimum Gasteiger partial charge on any atom is -0.278 e. The highest BCUT2D eigenvalue weighted by molar-refractivity contribution is 7.25. The minimum atomic E-state index is 0.708. The van der Waals surface area contributed by atoms with E-state index >= 15 is 0 Å². The number of hydrogen-bond acceptors (Lipinski definition) is 3. The van der Waals surface area contributed by atoms with Crippen molar-refractivity contribution in [1.29, 1.82) is 0 Å². The maximum Gasteiger partial charge on any atom is 0.234 e. The molecule has 6 aromatic rings. The molecule has 0 atom stereocenters. The van der Waals surface area contributed by atoms with Gasteiger partial charge in [-0.05, 0) is 30.3 Å². The van der Waals surface area contributed by atoms with E-state index in [9.17, 15) is 0 Å². The van der Waals surface area contributed by atoms with Crippen molar-refractivity contribution in [2.75, 3.05) is 0 Å². The lowest BCUT2D eigenvalue weighted by molar-refractivity contribution is 0.989. The molecule has 4 heteroatoms. The molecule has 0 radical (unpaired) electrons. The number of benzene rings is 3. The zero-order chi connectivity index (χ0) is 17.1. The van der Waals surface area contributed by atoms with E-state index in [0.29, 0.717) is 5.95 Å². The van der Waals surface area contributed by atoms with Crippen molar-refractivity contribution >= 4 is 53.3 Å². The smallest absolute Gasteiger partial charge is 0.234 e. The lowest BCUT2D eigenvalue weighted by atomic mass is 10.1. The van der Waals surface area contributed by atoms with Crippen LogP contribution < -0.4 is 0 Å². The van der Waals surface area contributed by atoms with E-state index in [1.807, 2.05) is 17.4 Å². The Balaban J connectivity index is 1.85. The second-order valence-corrected chi connectivity index (χ2v) is 7.45. The van der Waals surface area contributed by atoms with Gasteiger partial charge in [-0.1, -0.05) is 36.4 Å². The summed E-state index contributed by atoms with van der Waals surface area (Å²) in [4.78, 5) is 9.00. The van der Waals surface area contributed by atoms with Crippen molar-refractivity contribution in [2.24, 2.45) is 0 Å². The summed E-state index contributed by atoms with van der Waals surface area (Å²) >= 11 is 1.84. The van der Waals surface area contributed by atoms with Gasteiger partial charge in [0.1, 0.15) is 0 Å². The van der Waals surface area contributed by atoms with Crippen LogP contribution in [0.2, 0.25) is 0 Å². The molecule has 3 heterocycles. The van der Waals surface area contributed by atoms with Crippen LogP contribution in [0.5, 0.6) is 0 Å². The number of rotatable bonds is 1. The zero-order valence-corrected chi connectivity index (χ0v) is 14.6. The standard InChI is InChI=1S/C22H13N3S/c1-3-8-18-14(6-1)16-12-17-15-7-2-4-9-20(15)26-21(17)13-19(16)25(18)22-23-10-5-11-24-22/h1-13H. The van der Waals surface area contributed by atoms with Gasteiger partial charge >= 0.3 is 0 Å². The largest absolute Gasteiger partial charge is 0.278 e. The predicted molar refractivity (Wildman–Crippen MR) is 109 cm³/mol. The molecule has 3 aromatic heterocycles. The van der Waals surface area contributed by atoms with Gasteiger partial charge in [0.05, 0.1) is 11.0 Å². The molecule has 0 unspecified atom stereocenters. The fourth-order valence-corrected chi connectivity index (χ4v) is 4.93.